The maximum atomic E-state index is 13.2. The number of ether oxygens (including phenoxy) is 1. The number of sulfonamides is 1. The van der Waals surface area contributed by atoms with Crippen molar-refractivity contribution >= 4 is 34.1 Å². The molecule has 0 radical (unpaired) electrons. The van der Waals surface area contributed by atoms with E-state index in [1.165, 1.54) is 6.92 Å². The largest absolute Gasteiger partial charge is 0.487 e. The summed E-state index contributed by atoms with van der Waals surface area (Å²) in [5.41, 5.74) is 8.28. The zero-order valence-electron chi connectivity index (χ0n) is 21.1. The fourth-order valence-electron chi connectivity index (χ4n) is 4.02. The van der Waals surface area contributed by atoms with Crippen LogP contribution in [0.1, 0.15) is 55.9 Å². The molecule has 5 N–H and O–H groups in total. The van der Waals surface area contributed by atoms with E-state index in [0.717, 1.165) is 16.9 Å². The number of fused-ring (bicyclic) bond motifs is 1. The van der Waals surface area contributed by atoms with Crippen LogP contribution in [-0.4, -0.2) is 57.2 Å². The normalized spacial score (nSPS) is 15.5. The topological polar surface area (TPSA) is 169 Å². The van der Waals surface area contributed by atoms with Gasteiger partial charge in [-0.3, -0.25) is 14.6 Å². The van der Waals surface area contributed by atoms with Crippen LogP contribution >= 0.6 is 0 Å². The van der Waals surface area contributed by atoms with Crippen LogP contribution in [0.3, 0.4) is 0 Å². The Kier molecular flexibility index (Phi) is 8.88. The van der Waals surface area contributed by atoms with Crippen LogP contribution in [-0.2, 0) is 30.8 Å². The molecule has 0 bridgehead atoms. The average molecular weight is 510 g/mol. The predicted molar refractivity (Wildman–Crippen MR) is 132 cm³/mol. The van der Waals surface area contributed by atoms with Crippen LogP contribution in [0.4, 0.5) is 0 Å². The summed E-state index contributed by atoms with van der Waals surface area (Å²) < 4.78 is 34.7. The number of nitrogens with two attached hydrogens (primary N) is 1. The Labute approximate surface area is 206 Å². The molecule has 35 heavy (non-hydrogen) atoms. The molecule has 1 heterocycles. The Morgan fingerprint density at radius 1 is 1.20 bits per heavy atom. The zero-order chi connectivity index (χ0) is 26.6. The second-order valence-corrected chi connectivity index (χ2v) is 10.9. The number of carbonyl (C=O) groups is 3. The first-order valence-corrected chi connectivity index (χ1v) is 12.8. The summed E-state index contributed by atoms with van der Waals surface area (Å²) in [5.74, 6) is -0.375. The summed E-state index contributed by atoms with van der Waals surface area (Å²) in [6.07, 6.45) is 1.83. The monoisotopic (exact) mass is 509 g/mol. The lowest BCUT2D eigenvalue weighted by Crippen LogP contribution is -2.42. The third-order valence-corrected chi connectivity index (χ3v) is 7.39. The quantitative estimate of drug-likeness (QED) is 0.154. The number of hydrogen-bond donors (Lipinski definition) is 4. The Morgan fingerprint density at radius 2 is 1.86 bits per heavy atom. The molecule has 1 aromatic carbocycles. The van der Waals surface area contributed by atoms with E-state index in [9.17, 15) is 22.8 Å². The van der Waals surface area contributed by atoms with Gasteiger partial charge in [-0.1, -0.05) is 0 Å². The molecule has 12 heteroatoms. The second-order valence-electron chi connectivity index (χ2n) is 9.28. The van der Waals surface area contributed by atoms with Crippen molar-refractivity contribution in [1.82, 2.24) is 15.4 Å². The molecule has 0 spiro atoms. The van der Waals surface area contributed by atoms with Crippen molar-refractivity contribution in [3.8, 4) is 5.75 Å². The predicted octanol–water partition coefficient (Wildman–Crippen LogP) is 0.518. The third kappa shape index (κ3) is 7.17. The van der Waals surface area contributed by atoms with Crippen molar-refractivity contribution in [3.63, 3.8) is 0 Å². The number of aliphatic imine (C=N–C) groups is 1. The summed E-state index contributed by atoms with van der Waals surface area (Å²) in [5, 5.41) is 4.83. The molecule has 1 aliphatic rings. The molecule has 0 fully saturated rings. The summed E-state index contributed by atoms with van der Waals surface area (Å²) in [4.78, 5) is 38.0. The Balaban J connectivity index is 2.03. The fourth-order valence-corrected chi connectivity index (χ4v) is 5.54. The molecule has 2 rings (SSSR count). The summed E-state index contributed by atoms with van der Waals surface area (Å²) in [7, 11) is -4.00. The zero-order valence-corrected chi connectivity index (χ0v) is 21.9. The van der Waals surface area contributed by atoms with E-state index < -0.39 is 27.6 Å². The van der Waals surface area contributed by atoms with Gasteiger partial charge in [0, 0.05) is 25.5 Å². The van der Waals surface area contributed by atoms with Gasteiger partial charge in [-0.05, 0) is 64.2 Å². The van der Waals surface area contributed by atoms with Crippen LogP contribution in [0.25, 0.3) is 0 Å². The van der Waals surface area contributed by atoms with Crippen molar-refractivity contribution in [1.29, 1.82) is 0 Å². The first-order valence-electron chi connectivity index (χ1n) is 11.3. The second kappa shape index (κ2) is 11.1. The van der Waals surface area contributed by atoms with Crippen LogP contribution in [0.5, 0.6) is 5.75 Å². The molecule has 0 aromatic heterocycles. The number of amides is 2. The highest BCUT2D eigenvalue weighted by Gasteiger charge is 2.36. The van der Waals surface area contributed by atoms with Crippen molar-refractivity contribution in [2.24, 2.45) is 10.7 Å². The lowest BCUT2D eigenvalue weighted by molar-refractivity contribution is -0.126. The van der Waals surface area contributed by atoms with Gasteiger partial charge in [0.1, 0.15) is 17.6 Å². The lowest BCUT2D eigenvalue weighted by atomic mass is 9.94. The van der Waals surface area contributed by atoms with Crippen LogP contribution < -0.4 is 25.8 Å². The number of nitrogens with zero attached hydrogens (tertiary/aromatic N) is 1. The standard InChI is InChI=1S/C23H35N5O6S/c1-13-14(2)21(15(3)18-10-23(5,6)34-20(13)18)35(32,33)28-22(24)25-9-7-8-17(12-29)27-19(31)11-26-16(4)30/h12,17H,7-11H2,1-6H3,(H,26,30)(H,27,31)(H3,24,25,28)/t17-/m0/s1. The Hall–Kier alpha value is -3.15. The van der Waals surface area contributed by atoms with E-state index in [-0.39, 0.29) is 36.3 Å². The molecule has 11 nitrogen and oxygen atoms in total. The molecule has 1 aromatic rings. The highest BCUT2D eigenvalue weighted by molar-refractivity contribution is 7.90. The third-order valence-electron chi connectivity index (χ3n) is 5.76. The number of aldehydes is 1. The minimum Gasteiger partial charge on any atom is -0.487 e. The maximum absolute atomic E-state index is 13.2. The van der Waals surface area contributed by atoms with Crippen molar-refractivity contribution in [3.05, 3.63) is 22.3 Å². The van der Waals surface area contributed by atoms with Gasteiger partial charge in [0.2, 0.25) is 17.8 Å². The SMILES string of the molecule is CC(=O)NCC(=O)N[C@H](C=O)CCCN=C(N)NS(=O)(=O)c1c(C)c(C)c2c(c1C)CC(C)(C)O2. The van der Waals surface area contributed by atoms with E-state index in [4.69, 9.17) is 10.5 Å². The molecule has 2 amide bonds. The smallest absolute Gasteiger partial charge is 0.264 e. The summed E-state index contributed by atoms with van der Waals surface area (Å²) in [6, 6.07) is -0.754. The number of benzene rings is 1. The van der Waals surface area contributed by atoms with Crippen molar-refractivity contribution in [2.45, 2.75) is 77.3 Å². The van der Waals surface area contributed by atoms with Crippen molar-refractivity contribution in [2.75, 3.05) is 13.1 Å². The molecule has 0 aliphatic carbocycles. The molecule has 0 unspecified atom stereocenters. The van der Waals surface area contributed by atoms with Gasteiger partial charge < -0.3 is 25.9 Å². The van der Waals surface area contributed by atoms with Gasteiger partial charge in [0.25, 0.3) is 10.0 Å². The first-order chi connectivity index (χ1) is 16.2. The molecule has 0 saturated heterocycles. The fraction of sp³-hybridized carbons (Fsp3) is 0.565. The van der Waals surface area contributed by atoms with Crippen LogP contribution in [0.15, 0.2) is 9.89 Å². The van der Waals surface area contributed by atoms with Gasteiger partial charge in [-0.15, -0.1) is 0 Å². The van der Waals surface area contributed by atoms with Gasteiger partial charge in [0.05, 0.1) is 17.5 Å². The molecule has 0 saturated carbocycles. The minimum atomic E-state index is -4.00. The highest BCUT2D eigenvalue weighted by Crippen LogP contribution is 2.43. The molecule has 1 aliphatic heterocycles. The molecular weight excluding hydrogens is 474 g/mol. The van der Waals surface area contributed by atoms with Gasteiger partial charge in [0.15, 0.2) is 0 Å². The van der Waals surface area contributed by atoms with Gasteiger partial charge >= 0.3 is 0 Å². The average Bonchev–Trinajstić information content (AvgIpc) is 3.08. The molecule has 1 atom stereocenters. The number of hydrogen-bond acceptors (Lipinski definition) is 7. The Bertz CT molecular complexity index is 1140. The number of rotatable bonds is 10. The van der Waals surface area contributed by atoms with Crippen LogP contribution in [0, 0.1) is 20.8 Å². The van der Waals surface area contributed by atoms with Gasteiger partial charge in [-0.2, -0.15) is 0 Å². The van der Waals surface area contributed by atoms with E-state index >= 15 is 0 Å². The number of nitrogens with one attached hydrogen (secondary N) is 3. The minimum absolute atomic E-state index is 0.142. The van der Waals surface area contributed by atoms with E-state index in [1.54, 1.807) is 13.8 Å². The van der Waals surface area contributed by atoms with E-state index in [1.807, 2.05) is 20.8 Å². The maximum Gasteiger partial charge on any atom is 0.264 e. The van der Waals surface area contributed by atoms with Crippen LogP contribution in [0.2, 0.25) is 0 Å². The lowest BCUT2D eigenvalue weighted by Gasteiger charge is -2.19. The van der Waals surface area contributed by atoms with Gasteiger partial charge in [-0.25, -0.2) is 13.1 Å². The summed E-state index contributed by atoms with van der Waals surface area (Å²) >= 11 is 0. The van der Waals surface area contributed by atoms with E-state index in [0.29, 0.717) is 30.3 Å². The number of carbonyl (C=O) groups excluding carboxylic acids is 3. The van der Waals surface area contributed by atoms with Crippen molar-refractivity contribution < 1.29 is 27.5 Å². The summed E-state index contributed by atoms with van der Waals surface area (Å²) in [6.45, 7) is 10.5. The highest BCUT2D eigenvalue weighted by atomic mass is 32.2. The first kappa shape index (κ1) is 28.1. The Morgan fingerprint density at radius 3 is 2.46 bits per heavy atom. The molecular formula is C23H35N5O6S. The number of guanidine groups is 1. The van der Waals surface area contributed by atoms with E-state index in [2.05, 4.69) is 20.3 Å². The molecule has 194 valence electrons.